The van der Waals surface area contributed by atoms with Crippen LogP contribution in [0.15, 0.2) is 48.9 Å². The lowest BCUT2D eigenvalue weighted by Gasteiger charge is -2.19. The van der Waals surface area contributed by atoms with Crippen molar-refractivity contribution >= 4 is 0 Å². The molecule has 1 unspecified atom stereocenters. The topological polar surface area (TPSA) is 37.9 Å². The number of para-hydroxylation sites is 1. The Kier molecular flexibility index (Phi) is 1.81. The molecule has 1 N–H and O–H groups in total. The standard InChI is InChI=1S/C12H10N2O/c1-2-4-12-10(3-1)9(6-8-15-12)11-5-7-13-14-11/h1-9H,(H,13,14). The maximum absolute atomic E-state index is 5.44. The van der Waals surface area contributed by atoms with E-state index in [1.807, 2.05) is 30.3 Å². The van der Waals surface area contributed by atoms with Crippen molar-refractivity contribution in [3.63, 3.8) is 0 Å². The zero-order valence-electron chi connectivity index (χ0n) is 8.05. The van der Waals surface area contributed by atoms with Crippen LogP contribution in [-0.2, 0) is 0 Å². The number of ether oxygens (including phenoxy) is 1. The van der Waals surface area contributed by atoms with Gasteiger partial charge in [-0.25, -0.2) is 0 Å². The first-order valence-electron chi connectivity index (χ1n) is 4.87. The number of hydrogen-bond donors (Lipinski definition) is 1. The van der Waals surface area contributed by atoms with Gasteiger partial charge < -0.3 is 4.74 Å². The van der Waals surface area contributed by atoms with Crippen molar-refractivity contribution in [1.82, 2.24) is 10.2 Å². The van der Waals surface area contributed by atoms with Crippen molar-refractivity contribution in [3.8, 4) is 5.75 Å². The first-order chi connectivity index (χ1) is 7.45. The minimum absolute atomic E-state index is 0.220. The normalized spacial score (nSPS) is 18.3. The molecule has 74 valence electrons. The molecule has 0 saturated carbocycles. The van der Waals surface area contributed by atoms with Crippen molar-refractivity contribution in [2.45, 2.75) is 5.92 Å². The monoisotopic (exact) mass is 198 g/mol. The summed E-state index contributed by atoms with van der Waals surface area (Å²) in [5.74, 6) is 1.14. The Labute approximate surface area is 87.4 Å². The Morgan fingerprint density at radius 1 is 1.20 bits per heavy atom. The number of aromatic nitrogens is 2. The molecular weight excluding hydrogens is 188 g/mol. The van der Waals surface area contributed by atoms with Crippen LogP contribution in [0.25, 0.3) is 0 Å². The molecule has 0 radical (unpaired) electrons. The van der Waals surface area contributed by atoms with E-state index in [1.54, 1.807) is 12.5 Å². The van der Waals surface area contributed by atoms with Crippen LogP contribution in [0.3, 0.4) is 0 Å². The second-order valence-electron chi connectivity index (χ2n) is 3.47. The molecule has 1 aliphatic heterocycles. The molecule has 2 aromatic rings. The fraction of sp³-hybridized carbons (Fsp3) is 0.0833. The van der Waals surface area contributed by atoms with Gasteiger partial charge in [-0.15, -0.1) is 0 Å². The molecule has 0 saturated heterocycles. The second kappa shape index (κ2) is 3.28. The number of rotatable bonds is 1. The third-order valence-electron chi connectivity index (χ3n) is 2.58. The van der Waals surface area contributed by atoms with Gasteiger partial charge in [-0.3, -0.25) is 5.10 Å². The van der Waals surface area contributed by atoms with Gasteiger partial charge in [-0.1, -0.05) is 18.2 Å². The first kappa shape index (κ1) is 8.29. The maximum Gasteiger partial charge on any atom is 0.130 e. The molecule has 0 spiro atoms. The molecule has 1 atom stereocenters. The third kappa shape index (κ3) is 1.32. The lowest BCUT2D eigenvalue weighted by molar-refractivity contribution is 0.458. The molecule has 1 aliphatic rings. The van der Waals surface area contributed by atoms with Crippen molar-refractivity contribution in [2.75, 3.05) is 0 Å². The van der Waals surface area contributed by atoms with E-state index >= 15 is 0 Å². The van der Waals surface area contributed by atoms with Crippen molar-refractivity contribution < 1.29 is 4.74 Å². The first-order valence-corrected chi connectivity index (χ1v) is 4.87. The summed E-state index contributed by atoms with van der Waals surface area (Å²) in [4.78, 5) is 0. The molecular formula is C12H10N2O. The van der Waals surface area contributed by atoms with E-state index in [0.717, 1.165) is 11.4 Å². The Morgan fingerprint density at radius 2 is 2.13 bits per heavy atom. The van der Waals surface area contributed by atoms with Crippen LogP contribution < -0.4 is 4.74 Å². The van der Waals surface area contributed by atoms with E-state index in [1.165, 1.54) is 5.56 Å². The molecule has 3 nitrogen and oxygen atoms in total. The lowest BCUT2D eigenvalue weighted by Crippen LogP contribution is -2.05. The van der Waals surface area contributed by atoms with Gasteiger partial charge in [-0.2, -0.15) is 5.10 Å². The number of nitrogens with zero attached hydrogens (tertiary/aromatic N) is 1. The van der Waals surface area contributed by atoms with E-state index in [9.17, 15) is 0 Å². The maximum atomic E-state index is 5.44. The molecule has 0 aliphatic carbocycles. The summed E-state index contributed by atoms with van der Waals surface area (Å²) in [5.41, 5.74) is 2.26. The molecule has 3 heteroatoms. The predicted octanol–water partition coefficient (Wildman–Crippen LogP) is 2.45. The largest absolute Gasteiger partial charge is 0.465 e. The number of H-pyrrole nitrogens is 1. The van der Waals surface area contributed by atoms with Crippen LogP contribution in [-0.4, -0.2) is 10.2 Å². The summed E-state index contributed by atoms with van der Waals surface area (Å²) in [6.45, 7) is 0. The molecule has 3 rings (SSSR count). The van der Waals surface area contributed by atoms with Gasteiger partial charge in [0.15, 0.2) is 0 Å². The Bertz CT molecular complexity index is 488. The van der Waals surface area contributed by atoms with E-state index in [0.29, 0.717) is 0 Å². The van der Waals surface area contributed by atoms with Gasteiger partial charge in [0.25, 0.3) is 0 Å². The van der Waals surface area contributed by atoms with Gasteiger partial charge in [0.05, 0.1) is 12.2 Å². The SMILES string of the molecule is C1=CC(c2ccn[nH]2)c2ccccc2O1. The van der Waals surface area contributed by atoms with Crippen molar-refractivity contribution in [1.29, 1.82) is 0 Å². The zero-order valence-corrected chi connectivity index (χ0v) is 8.05. The fourth-order valence-electron chi connectivity index (χ4n) is 1.85. The summed E-state index contributed by atoms with van der Waals surface area (Å²) < 4.78 is 5.44. The molecule has 1 aromatic heterocycles. The van der Waals surface area contributed by atoms with Crippen LogP contribution in [0, 0.1) is 0 Å². The Morgan fingerprint density at radius 3 is 3.00 bits per heavy atom. The summed E-state index contributed by atoms with van der Waals surface area (Å²) in [5, 5.41) is 6.96. The van der Waals surface area contributed by atoms with Gasteiger partial charge >= 0.3 is 0 Å². The Balaban J connectivity index is 2.11. The number of aromatic amines is 1. The summed E-state index contributed by atoms with van der Waals surface area (Å²) >= 11 is 0. The number of fused-ring (bicyclic) bond motifs is 1. The Hall–Kier alpha value is -2.03. The van der Waals surface area contributed by atoms with Gasteiger partial charge in [-0.05, 0) is 18.2 Å². The van der Waals surface area contributed by atoms with Crippen LogP contribution in [0.4, 0.5) is 0 Å². The van der Waals surface area contributed by atoms with Crippen molar-refractivity contribution in [3.05, 3.63) is 60.1 Å². The van der Waals surface area contributed by atoms with Crippen LogP contribution in [0.5, 0.6) is 5.75 Å². The minimum Gasteiger partial charge on any atom is -0.465 e. The highest BCUT2D eigenvalue weighted by Crippen LogP contribution is 2.34. The van der Waals surface area contributed by atoms with E-state index < -0.39 is 0 Å². The third-order valence-corrected chi connectivity index (χ3v) is 2.58. The van der Waals surface area contributed by atoms with Crippen molar-refractivity contribution in [2.24, 2.45) is 0 Å². The quantitative estimate of drug-likeness (QED) is 0.764. The minimum atomic E-state index is 0.220. The highest BCUT2D eigenvalue weighted by Gasteiger charge is 2.19. The summed E-state index contributed by atoms with van der Waals surface area (Å²) in [7, 11) is 0. The molecule has 0 amide bonds. The zero-order chi connectivity index (χ0) is 10.1. The van der Waals surface area contributed by atoms with Gasteiger partial charge in [0.1, 0.15) is 5.75 Å². The van der Waals surface area contributed by atoms with Crippen LogP contribution in [0.2, 0.25) is 0 Å². The summed E-state index contributed by atoms with van der Waals surface area (Å²) in [6, 6.07) is 10.0. The average Bonchev–Trinajstić information content (AvgIpc) is 2.82. The molecule has 0 bridgehead atoms. The van der Waals surface area contributed by atoms with E-state index in [2.05, 4.69) is 16.3 Å². The summed E-state index contributed by atoms with van der Waals surface area (Å²) in [6.07, 6.45) is 5.52. The average molecular weight is 198 g/mol. The van der Waals surface area contributed by atoms with Crippen LogP contribution >= 0.6 is 0 Å². The highest BCUT2D eigenvalue weighted by atomic mass is 16.5. The molecule has 1 aromatic carbocycles. The molecule has 15 heavy (non-hydrogen) atoms. The number of allylic oxidation sites excluding steroid dienone is 1. The van der Waals surface area contributed by atoms with Gasteiger partial charge in [0, 0.05) is 17.5 Å². The molecule has 0 fully saturated rings. The number of nitrogens with one attached hydrogen (secondary N) is 1. The fourth-order valence-corrected chi connectivity index (χ4v) is 1.85. The number of hydrogen-bond acceptors (Lipinski definition) is 2. The smallest absolute Gasteiger partial charge is 0.130 e. The highest BCUT2D eigenvalue weighted by molar-refractivity contribution is 5.45. The molecule has 2 heterocycles. The van der Waals surface area contributed by atoms with Crippen LogP contribution in [0.1, 0.15) is 17.2 Å². The second-order valence-corrected chi connectivity index (χ2v) is 3.47. The van der Waals surface area contributed by atoms with Gasteiger partial charge in [0.2, 0.25) is 0 Å². The predicted molar refractivity (Wildman–Crippen MR) is 56.6 cm³/mol. The van der Waals surface area contributed by atoms with E-state index in [-0.39, 0.29) is 5.92 Å². The van der Waals surface area contributed by atoms with E-state index in [4.69, 9.17) is 4.74 Å². The number of benzene rings is 1. The lowest BCUT2D eigenvalue weighted by atomic mass is 9.94.